The molecule has 0 spiro atoms. The van der Waals surface area contributed by atoms with E-state index in [2.05, 4.69) is 5.10 Å². The van der Waals surface area contributed by atoms with Gasteiger partial charge >= 0.3 is 6.18 Å². The maximum atomic E-state index is 12.9. The van der Waals surface area contributed by atoms with Crippen LogP contribution >= 0.6 is 11.3 Å². The first kappa shape index (κ1) is 16.6. The minimum absolute atomic E-state index is 0.0543. The van der Waals surface area contributed by atoms with E-state index in [1.54, 1.807) is 18.3 Å². The molecule has 132 valence electrons. The molecular weight excluding hydrogens is 363 g/mol. The molecule has 4 nitrogen and oxygen atoms in total. The van der Waals surface area contributed by atoms with Gasteiger partial charge in [-0.15, -0.1) is 11.3 Å². The zero-order chi connectivity index (χ0) is 18.3. The van der Waals surface area contributed by atoms with Crippen LogP contribution in [0.3, 0.4) is 0 Å². The zero-order valence-corrected chi connectivity index (χ0v) is 14.1. The molecular formula is C18H12F3N3OS. The number of hydrogen-bond donors (Lipinski definition) is 0. The summed E-state index contributed by atoms with van der Waals surface area (Å²) in [4.78, 5) is 13.6. The molecule has 8 heteroatoms. The molecule has 26 heavy (non-hydrogen) atoms. The molecule has 4 aromatic rings. The van der Waals surface area contributed by atoms with Crippen molar-refractivity contribution < 1.29 is 13.2 Å². The number of nitrogens with zero attached hydrogens (tertiary/aromatic N) is 3. The highest BCUT2D eigenvalue weighted by atomic mass is 32.1. The Balaban J connectivity index is 1.72. The summed E-state index contributed by atoms with van der Waals surface area (Å²) in [6.07, 6.45) is -1.26. The molecule has 0 saturated heterocycles. The van der Waals surface area contributed by atoms with E-state index < -0.39 is 11.7 Å². The lowest BCUT2D eigenvalue weighted by Gasteiger charge is -2.10. The third-order valence-electron chi connectivity index (χ3n) is 3.98. The van der Waals surface area contributed by atoms with E-state index in [1.807, 2.05) is 17.5 Å². The van der Waals surface area contributed by atoms with Gasteiger partial charge in [-0.25, -0.2) is 4.52 Å². The van der Waals surface area contributed by atoms with Crippen molar-refractivity contribution in [1.82, 2.24) is 14.2 Å². The predicted molar refractivity (Wildman–Crippen MR) is 93.3 cm³/mol. The second-order valence-electron chi connectivity index (χ2n) is 5.77. The molecule has 1 aromatic carbocycles. The van der Waals surface area contributed by atoms with Gasteiger partial charge in [0.25, 0.3) is 5.56 Å². The van der Waals surface area contributed by atoms with Crippen molar-refractivity contribution in [3.05, 3.63) is 81.7 Å². The number of halogens is 3. The monoisotopic (exact) mass is 375 g/mol. The van der Waals surface area contributed by atoms with Crippen molar-refractivity contribution in [2.75, 3.05) is 0 Å². The van der Waals surface area contributed by atoms with E-state index >= 15 is 0 Å². The van der Waals surface area contributed by atoms with Gasteiger partial charge in [-0.2, -0.15) is 18.3 Å². The van der Waals surface area contributed by atoms with Gasteiger partial charge in [0.15, 0.2) is 0 Å². The van der Waals surface area contributed by atoms with Crippen molar-refractivity contribution >= 4 is 16.9 Å². The molecule has 4 rings (SSSR count). The van der Waals surface area contributed by atoms with Gasteiger partial charge in [0.1, 0.15) is 11.2 Å². The quantitative estimate of drug-likeness (QED) is 0.536. The molecule has 0 aliphatic heterocycles. The molecule has 3 heterocycles. The molecule has 0 N–H and O–H groups in total. The molecule has 0 bridgehead atoms. The summed E-state index contributed by atoms with van der Waals surface area (Å²) in [6, 6.07) is 10.5. The Morgan fingerprint density at radius 3 is 2.65 bits per heavy atom. The molecule has 0 aliphatic carbocycles. The first-order valence-corrected chi connectivity index (χ1v) is 8.58. The summed E-state index contributed by atoms with van der Waals surface area (Å²) in [5.74, 6) is 0. The van der Waals surface area contributed by atoms with Gasteiger partial charge in [0.2, 0.25) is 0 Å². The van der Waals surface area contributed by atoms with Gasteiger partial charge in [-0.3, -0.25) is 4.79 Å². The van der Waals surface area contributed by atoms with E-state index in [4.69, 9.17) is 0 Å². The van der Waals surface area contributed by atoms with Crippen LogP contribution in [0.5, 0.6) is 0 Å². The summed E-state index contributed by atoms with van der Waals surface area (Å²) in [5, 5.41) is 6.30. The van der Waals surface area contributed by atoms with Crippen LogP contribution in [0, 0.1) is 0 Å². The Hall–Kier alpha value is -2.87. The highest BCUT2D eigenvalue weighted by Crippen LogP contribution is 2.29. The minimum atomic E-state index is -4.41. The summed E-state index contributed by atoms with van der Waals surface area (Å²) in [6.45, 7) is 0.0543. The molecule has 0 unspecified atom stereocenters. The van der Waals surface area contributed by atoms with Crippen LogP contribution in [-0.4, -0.2) is 14.2 Å². The summed E-state index contributed by atoms with van der Waals surface area (Å²) in [5.41, 5.74) is 0.440. The second kappa shape index (κ2) is 6.14. The van der Waals surface area contributed by atoms with E-state index in [1.165, 1.54) is 32.7 Å². The average molecular weight is 375 g/mol. The number of hydrogen-bond acceptors (Lipinski definition) is 3. The van der Waals surface area contributed by atoms with Gasteiger partial charge in [0, 0.05) is 12.4 Å². The van der Waals surface area contributed by atoms with Crippen LogP contribution in [0.1, 0.15) is 11.1 Å². The third-order valence-corrected chi connectivity index (χ3v) is 4.88. The zero-order valence-electron chi connectivity index (χ0n) is 13.3. The SMILES string of the molecule is O=c1c2cc(-c3cccs3)nn2ccn1Cc1cccc(C(F)(F)F)c1. The summed E-state index contributed by atoms with van der Waals surface area (Å²) >= 11 is 1.52. The number of benzene rings is 1. The lowest BCUT2D eigenvalue weighted by atomic mass is 10.1. The Morgan fingerprint density at radius 1 is 1.08 bits per heavy atom. The summed E-state index contributed by atoms with van der Waals surface area (Å²) in [7, 11) is 0. The van der Waals surface area contributed by atoms with Crippen molar-refractivity contribution in [2.45, 2.75) is 12.7 Å². The molecule has 0 atom stereocenters. The standard InChI is InChI=1S/C18H12F3N3OS/c19-18(20,21)13-4-1-3-12(9-13)11-23-6-7-24-15(17(23)25)10-14(22-24)16-5-2-8-26-16/h1-10H,11H2. The van der Waals surface area contributed by atoms with Crippen LogP contribution in [-0.2, 0) is 12.7 Å². The van der Waals surface area contributed by atoms with E-state index in [-0.39, 0.29) is 12.1 Å². The number of alkyl halides is 3. The third kappa shape index (κ3) is 3.03. The molecule has 3 aromatic heterocycles. The molecule has 0 saturated carbocycles. The van der Waals surface area contributed by atoms with Crippen LogP contribution in [0.2, 0.25) is 0 Å². The van der Waals surface area contributed by atoms with Crippen LogP contribution in [0.4, 0.5) is 13.2 Å². The number of fused-ring (bicyclic) bond motifs is 1. The fourth-order valence-electron chi connectivity index (χ4n) is 2.74. The van der Waals surface area contributed by atoms with E-state index in [0.29, 0.717) is 16.8 Å². The first-order chi connectivity index (χ1) is 12.4. The van der Waals surface area contributed by atoms with Crippen LogP contribution in [0.25, 0.3) is 16.1 Å². The Labute approximate surface area is 149 Å². The normalized spacial score (nSPS) is 12.0. The average Bonchev–Trinajstić information content (AvgIpc) is 3.26. The molecule has 0 amide bonds. The van der Waals surface area contributed by atoms with Crippen molar-refractivity contribution in [3.8, 4) is 10.6 Å². The van der Waals surface area contributed by atoms with Gasteiger partial charge in [-0.1, -0.05) is 18.2 Å². The summed E-state index contributed by atoms with van der Waals surface area (Å²) < 4.78 is 41.4. The Morgan fingerprint density at radius 2 is 1.92 bits per heavy atom. The topological polar surface area (TPSA) is 39.3 Å². The largest absolute Gasteiger partial charge is 0.416 e. The molecule has 0 radical (unpaired) electrons. The molecule has 0 fully saturated rings. The van der Waals surface area contributed by atoms with Crippen LogP contribution in [0.15, 0.2) is 65.0 Å². The number of thiophene rings is 1. The smallest absolute Gasteiger partial charge is 0.308 e. The fourth-order valence-corrected chi connectivity index (χ4v) is 3.42. The van der Waals surface area contributed by atoms with Gasteiger partial charge in [-0.05, 0) is 35.2 Å². The highest BCUT2D eigenvalue weighted by Gasteiger charge is 2.30. The first-order valence-electron chi connectivity index (χ1n) is 7.71. The van der Waals surface area contributed by atoms with Gasteiger partial charge in [0.05, 0.1) is 17.0 Å². The van der Waals surface area contributed by atoms with Crippen LogP contribution < -0.4 is 5.56 Å². The number of rotatable bonds is 3. The maximum absolute atomic E-state index is 12.9. The molecule has 0 aliphatic rings. The number of aromatic nitrogens is 3. The van der Waals surface area contributed by atoms with Crippen molar-refractivity contribution in [2.24, 2.45) is 0 Å². The van der Waals surface area contributed by atoms with Crippen molar-refractivity contribution in [1.29, 1.82) is 0 Å². The second-order valence-corrected chi connectivity index (χ2v) is 6.71. The lowest BCUT2D eigenvalue weighted by molar-refractivity contribution is -0.137. The van der Waals surface area contributed by atoms with Gasteiger partial charge < -0.3 is 4.57 Å². The highest BCUT2D eigenvalue weighted by molar-refractivity contribution is 7.13. The Bertz CT molecular complexity index is 1130. The lowest BCUT2D eigenvalue weighted by Crippen LogP contribution is -2.22. The Kier molecular flexibility index (Phi) is 3.91. The fraction of sp³-hybridized carbons (Fsp3) is 0.111. The minimum Gasteiger partial charge on any atom is -0.308 e. The van der Waals surface area contributed by atoms with Crippen molar-refractivity contribution in [3.63, 3.8) is 0 Å². The maximum Gasteiger partial charge on any atom is 0.416 e. The van der Waals surface area contributed by atoms with E-state index in [0.717, 1.165) is 17.0 Å². The van der Waals surface area contributed by atoms with E-state index in [9.17, 15) is 18.0 Å². The predicted octanol–water partition coefficient (Wildman–Crippen LogP) is 4.29.